The number of amides is 2. The summed E-state index contributed by atoms with van der Waals surface area (Å²) in [7, 11) is 0. The molecule has 1 fully saturated rings. The van der Waals surface area contributed by atoms with E-state index in [1.165, 1.54) is 22.0 Å². The van der Waals surface area contributed by atoms with Crippen LogP contribution in [0.25, 0.3) is 0 Å². The van der Waals surface area contributed by atoms with Crippen molar-refractivity contribution in [2.24, 2.45) is 10.3 Å². The van der Waals surface area contributed by atoms with Crippen LogP contribution in [0.5, 0.6) is 0 Å². The van der Waals surface area contributed by atoms with Crippen molar-refractivity contribution in [1.29, 1.82) is 0 Å². The number of rotatable bonds is 4. The molecular weight excluding hydrogens is 335 g/mol. The van der Waals surface area contributed by atoms with E-state index >= 15 is 0 Å². The minimum absolute atomic E-state index is 0.212. The summed E-state index contributed by atoms with van der Waals surface area (Å²) in [5.74, 6) is -1.10. The Kier molecular flexibility index (Phi) is 3.99. The normalized spacial score (nSPS) is 21.6. The fraction of sp³-hybridized carbons (Fsp3) is 0.263. The van der Waals surface area contributed by atoms with Crippen molar-refractivity contribution >= 4 is 17.5 Å². The molecule has 1 saturated heterocycles. The SMILES string of the molecule is CCc1ccc(N2C(=O)C3N=NN(Cc4cccc(F)c4)C3C2=O)cc1. The first kappa shape index (κ1) is 16.4. The number of aryl methyl sites for hydroxylation is 1. The molecule has 2 unspecified atom stereocenters. The van der Waals surface area contributed by atoms with Crippen LogP contribution in [0.15, 0.2) is 58.9 Å². The minimum atomic E-state index is -0.845. The van der Waals surface area contributed by atoms with Crippen LogP contribution >= 0.6 is 0 Å². The molecule has 0 saturated carbocycles. The zero-order chi connectivity index (χ0) is 18.3. The molecule has 132 valence electrons. The third-order valence-electron chi connectivity index (χ3n) is 4.69. The second-order valence-electron chi connectivity index (χ2n) is 6.35. The van der Waals surface area contributed by atoms with Gasteiger partial charge in [-0.15, -0.1) is 0 Å². The van der Waals surface area contributed by atoms with E-state index in [-0.39, 0.29) is 24.2 Å². The molecule has 2 aromatic rings. The first-order valence-electron chi connectivity index (χ1n) is 8.47. The summed E-state index contributed by atoms with van der Waals surface area (Å²) < 4.78 is 13.4. The summed E-state index contributed by atoms with van der Waals surface area (Å²) >= 11 is 0. The van der Waals surface area contributed by atoms with Gasteiger partial charge in [-0.3, -0.25) is 14.6 Å². The van der Waals surface area contributed by atoms with E-state index in [1.54, 1.807) is 24.3 Å². The lowest BCUT2D eigenvalue weighted by Gasteiger charge is -2.20. The standard InChI is InChI=1S/C19H17FN4O2/c1-2-12-6-8-15(9-7-12)24-18(25)16-17(19(24)26)23(22-21-16)11-13-4-3-5-14(20)10-13/h3-10,16-17H,2,11H2,1H3. The fourth-order valence-corrected chi connectivity index (χ4v) is 3.31. The molecule has 2 amide bonds. The van der Waals surface area contributed by atoms with Crippen molar-refractivity contribution in [2.75, 3.05) is 4.90 Å². The summed E-state index contributed by atoms with van der Waals surface area (Å²) in [6, 6.07) is 11.8. The van der Waals surface area contributed by atoms with Crippen LogP contribution < -0.4 is 4.90 Å². The van der Waals surface area contributed by atoms with Crippen LogP contribution in [-0.2, 0) is 22.6 Å². The Morgan fingerprint density at radius 1 is 1.04 bits per heavy atom. The zero-order valence-electron chi connectivity index (χ0n) is 14.2. The summed E-state index contributed by atoms with van der Waals surface area (Å²) in [5.41, 5.74) is 2.32. The van der Waals surface area contributed by atoms with Crippen LogP contribution in [0.1, 0.15) is 18.1 Å². The van der Waals surface area contributed by atoms with E-state index in [2.05, 4.69) is 10.3 Å². The number of hydrogen-bond acceptors (Lipinski definition) is 5. The van der Waals surface area contributed by atoms with Crippen molar-refractivity contribution < 1.29 is 14.0 Å². The van der Waals surface area contributed by atoms with Crippen molar-refractivity contribution in [3.63, 3.8) is 0 Å². The van der Waals surface area contributed by atoms with Crippen molar-refractivity contribution in [3.8, 4) is 0 Å². The molecule has 26 heavy (non-hydrogen) atoms. The lowest BCUT2D eigenvalue weighted by Crippen LogP contribution is -2.39. The highest BCUT2D eigenvalue weighted by Gasteiger charge is 2.54. The van der Waals surface area contributed by atoms with Crippen molar-refractivity contribution in [1.82, 2.24) is 5.01 Å². The lowest BCUT2D eigenvalue weighted by atomic mass is 10.1. The van der Waals surface area contributed by atoms with Gasteiger partial charge in [-0.1, -0.05) is 36.4 Å². The highest BCUT2D eigenvalue weighted by atomic mass is 19.1. The van der Waals surface area contributed by atoms with Gasteiger partial charge < -0.3 is 0 Å². The van der Waals surface area contributed by atoms with Crippen LogP contribution in [0.4, 0.5) is 10.1 Å². The molecule has 6 nitrogen and oxygen atoms in total. The number of fused-ring (bicyclic) bond motifs is 1. The van der Waals surface area contributed by atoms with Gasteiger partial charge in [-0.25, -0.2) is 9.29 Å². The second kappa shape index (κ2) is 6.33. The Bertz CT molecular complexity index is 897. The van der Waals surface area contributed by atoms with Crippen molar-refractivity contribution in [2.45, 2.75) is 32.0 Å². The maximum Gasteiger partial charge on any atom is 0.263 e. The number of benzene rings is 2. The number of imide groups is 1. The van der Waals surface area contributed by atoms with Gasteiger partial charge in [-0.05, 0) is 41.8 Å². The summed E-state index contributed by atoms with van der Waals surface area (Å²) in [6.45, 7) is 2.25. The maximum absolute atomic E-state index is 13.4. The number of carbonyl (C=O) groups is 2. The van der Waals surface area contributed by atoms with Crippen LogP contribution in [0, 0.1) is 5.82 Å². The van der Waals surface area contributed by atoms with Crippen LogP contribution in [0.2, 0.25) is 0 Å². The number of hydrogen-bond donors (Lipinski definition) is 0. The van der Waals surface area contributed by atoms with Gasteiger partial charge in [-0.2, -0.15) is 5.11 Å². The molecule has 0 radical (unpaired) electrons. The third kappa shape index (κ3) is 2.65. The summed E-state index contributed by atoms with van der Waals surface area (Å²) in [6.07, 6.45) is 0.878. The average Bonchev–Trinajstić information content (AvgIpc) is 3.16. The molecular formula is C19H17FN4O2. The number of nitrogens with zero attached hydrogens (tertiary/aromatic N) is 4. The molecule has 2 aromatic carbocycles. The van der Waals surface area contributed by atoms with E-state index in [0.717, 1.165) is 12.0 Å². The number of carbonyl (C=O) groups excluding carboxylic acids is 2. The highest BCUT2D eigenvalue weighted by Crippen LogP contribution is 2.32. The largest absolute Gasteiger partial charge is 0.271 e. The number of anilines is 1. The summed E-state index contributed by atoms with van der Waals surface area (Å²) in [5, 5.41) is 9.41. The molecule has 2 aliphatic rings. The number of halogens is 1. The van der Waals surface area contributed by atoms with E-state index in [1.807, 2.05) is 19.1 Å². The van der Waals surface area contributed by atoms with Gasteiger partial charge >= 0.3 is 0 Å². The van der Waals surface area contributed by atoms with E-state index < -0.39 is 12.1 Å². The zero-order valence-corrected chi connectivity index (χ0v) is 14.2. The van der Waals surface area contributed by atoms with E-state index in [0.29, 0.717) is 11.3 Å². The molecule has 2 atom stereocenters. The topological polar surface area (TPSA) is 65.3 Å². The summed E-state index contributed by atoms with van der Waals surface area (Å²) in [4.78, 5) is 26.7. The maximum atomic E-state index is 13.4. The van der Waals surface area contributed by atoms with Gasteiger partial charge in [0.05, 0.1) is 12.2 Å². The first-order chi connectivity index (χ1) is 12.6. The Balaban J connectivity index is 1.58. The smallest absolute Gasteiger partial charge is 0.263 e. The molecule has 4 rings (SSSR count). The van der Waals surface area contributed by atoms with Crippen LogP contribution in [0.3, 0.4) is 0 Å². The van der Waals surface area contributed by atoms with E-state index in [9.17, 15) is 14.0 Å². The fourth-order valence-electron chi connectivity index (χ4n) is 3.31. The Labute approximate surface area is 149 Å². The van der Waals surface area contributed by atoms with Gasteiger partial charge in [0.2, 0.25) is 0 Å². The van der Waals surface area contributed by atoms with Crippen molar-refractivity contribution in [3.05, 3.63) is 65.5 Å². The third-order valence-corrected chi connectivity index (χ3v) is 4.69. The molecule has 2 heterocycles. The highest BCUT2D eigenvalue weighted by molar-refractivity contribution is 6.25. The second-order valence-corrected chi connectivity index (χ2v) is 6.35. The Morgan fingerprint density at radius 3 is 2.50 bits per heavy atom. The molecule has 0 bridgehead atoms. The minimum Gasteiger partial charge on any atom is -0.271 e. The predicted molar refractivity (Wildman–Crippen MR) is 92.7 cm³/mol. The van der Waals surface area contributed by atoms with Gasteiger partial charge in [0, 0.05) is 0 Å². The lowest BCUT2D eigenvalue weighted by molar-refractivity contribution is -0.123. The monoisotopic (exact) mass is 352 g/mol. The molecule has 0 aliphatic carbocycles. The Morgan fingerprint density at radius 2 is 1.81 bits per heavy atom. The van der Waals surface area contributed by atoms with Gasteiger partial charge in [0.25, 0.3) is 11.8 Å². The Hall–Kier alpha value is -3.09. The first-order valence-corrected chi connectivity index (χ1v) is 8.47. The predicted octanol–water partition coefficient (Wildman–Crippen LogP) is 2.88. The van der Waals surface area contributed by atoms with E-state index in [4.69, 9.17) is 0 Å². The molecule has 7 heteroatoms. The molecule has 2 aliphatic heterocycles. The van der Waals surface area contributed by atoms with Gasteiger partial charge in [0.15, 0.2) is 12.1 Å². The molecule has 0 N–H and O–H groups in total. The van der Waals surface area contributed by atoms with Gasteiger partial charge in [0.1, 0.15) is 5.82 Å². The van der Waals surface area contributed by atoms with Crippen LogP contribution in [-0.4, -0.2) is 28.9 Å². The molecule has 0 aromatic heterocycles. The quantitative estimate of drug-likeness (QED) is 0.795. The average molecular weight is 352 g/mol. The molecule has 0 spiro atoms.